The summed E-state index contributed by atoms with van der Waals surface area (Å²) in [4.78, 5) is 22.9. The Morgan fingerprint density at radius 1 is 1.44 bits per heavy atom. The second-order valence-electron chi connectivity index (χ2n) is 3.83. The van der Waals surface area contributed by atoms with E-state index < -0.39 is 18.0 Å². The van der Waals surface area contributed by atoms with Crippen molar-refractivity contribution < 1.29 is 24.2 Å². The average molecular weight is 248 g/mol. The monoisotopic (exact) mass is 248 g/mol. The molecule has 1 fully saturated rings. The maximum Gasteiger partial charge on any atom is 0.339 e. The van der Waals surface area contributed by atoms with Gasteiger partial charge in [0.2, 0.25) is 0 Å². The fraction of sp³-hybridized carbons (Fsp3) is 0.231. The number of ether oxygens (including phenoxy) is 2. The summed E-state index contributed by atoms with van der Waals surface area (Å²) in [6.45, 7) is 4.07. The highest BCUT2D eigenvalue weighted by atomic mass is 16.6. The number of hydrogen-bond acceptors (Lipinski definition) is 4. The first-order chi connectivity index (χ1) is 8.63. The van der Waals surface area contributed by atoms with Crippen LogP contribution in [0.5, 0.6) is 0 Å². The number of aromatic carboxylic acids is 1. The van der Waals surface area contributed by atoms with Crippen LogP contribution in [-0.2, 0) is 9.47 Å². The normalized spacial score (nSPS) is 18.8. The summed E-state index contributed by atoms with van der Waals surface area (Å²) in [5.41, 5.74) is -0.0560. The Morgan fingerprint density at radius 3 is 2.56 bits per heavy atom. The minimum Gasteiger partial charge on any atom is -0.478 e. The Hall–Kier alpha value is -2.14. The molecule has 1 aliphatic rings. The standard InChI is InChI=1S/C13H12O5/c1-2-10(11-7-17-11)18-13(16)9-6-4-3-5-8(9)12(14)15/h2-6,10-11H,1,7H2,(H,14,15). The van der Waals surface area contributed by atoms with Gasteiger partial charge in [-0.1, -0.05) is 18.7 Å². The van der Waals surface area contributed by atoms with Crippen LogP contribution < -0.4 is 0 Å². The molecule has 1 aliphatic heterocycles. The van der Waals surface area contributed by atoms with Crippen LogP contribution in [0.2, 0.25) is 0 Å². The van der Waals surface area contributed by atoms with E-state index in [-0.39, 0.29) is 17.2 Å². The molecule has 18 heavy (non-hydrogen) atoms. The number of esters is 1. The molecular weight excluding hydrogens is 236 g/mol. The van der Waals surface area contributed by atoms with Gasteiger partial charge in [0.15, 0.2) is 0 Å². The summed E-state index contributed by atoms with van der Waals surface area (Å²) < 4.78 is 10.2. The summed E-state index contributed by atoms with van der Waals surface area (Å²) in [5.74, 6) is -1.85. The van der Waals surface area contributed by atoms with Crippen LogP contribution in [-0.4, -0.2) is 35.9 Å². The van der Waals surface area contributed by atoms with Gasteiger partial charge in [0, 0.05) is 0 Å². The van der Waals surface area contributed by atoms with Gasteiger partial charge in [-0.2, -0.15) is 0 Å². The molecule has 1 heterocycles. The van der Waals surface area contributed by atoms with Gasteiger partial charge in [-0.05, 0) is 18.2 Å². The number of hydrogen-bond donors (Lipinski definition) is 1. The molecule has 0 aromatic heterocycles. The summed E-state index contributed by atoms with van der Waals surface area (Å²) in [7, 11) is 0. The van der Waals surface area contributed by atoms with E-state index in [0.29, 0.717) is 6.61 Å². The van der Waals surface area contributed by atoms with Crippen LogP contribution >= 0.6 is 0 Å². The minimum absolute atomic E-state index is 0.0255. The number of rotatable bonds is 5. The number of epoxide rings is 1. The van der Waals surface area contributed by atoms with Crippen LogP contribution in [0.3, 0.4) is 0 Å². The maximum atomic E-state index is 11.9. The van der Waals surface area contributed by atoms with Crippen LogP contribution in [0.25, 0.3) is 0 Å². The fourth-order valence-corrected chi connectivity index (χ4v) is 1.56. The Bertz CT molecular complexity index is 490. The predicted molar refractivity (Wildman–Crippen MR) is 62.5 cm³/mol. The Balaban J connectivity index is 2.17. The SMILES string of the molecule is C=CC(OC(=O)c1ccccc1C(=O)O)C1CO1. The Kier molecular flexibility index (Phi) is 3.43. The van der Waals surface area contributed by atoms with Gasteiger partial charge in [-0.15, -0.1) is 0 Å². The molecule has 0 spiro atoms. The number of carboxylic acid groups (broad SMARTS) is 1. The molecule has 1 aromatic carbocycles. The zero-order chi connectivity index (χ0) is 13.1. The molecule has 1 aromatic rings. The summed E-state index contributed by atoms with van der Waals surface area (Å²) >= 11 is 0. The number of benzene rings is 1. The molecule has 5 nitrogen and oxygen atoms in total. The molecule has 0 saturated carbocycles. The number of carboxylic acids is 1. The molecule has 1 N–H and O–H groups in total. The predicted octanol–water partition coefficient (Wildman–Crippen LogP) is 1.49. The van der Waals surface area contributed by atoms with Crippen LogP contribution in [0.1, 0.15) is 20.7 Å². The highest BCUT2D eigenvalue weighted by Gasteiger charge is 2.34. The summed E-state index contributed by atoms with van der Waals surface area (Å²) in [5, 5.41) is 8.97. The second kappa shape index (κ2) is 5.01. The van der Waals surface area contributed by atoms with Gasteiger partial charge in [-0.3, -0.25) is 0 Å². The van der Waals surface area contributed by atoms with Crippen molar-refractivity contribution in [1.82, 2.24) is 0 Å². The average Bonchev–Trinajstić information content (AvgIpc) is 3.19. The zero-order valence-corrected chi connectivity index (χ0v) is 9.54. The van der Waals surface area contributed by atoms with Gasteiger partial charge in [0.05, 0.1) is 17.7 Å². The van der Waals surface area contributed by atoms with Crippen molar-refractivity contribution in [3.8, 4) is 0 Å². The van der Waals surface area contributed by atoms with Crippen molar-refractivity contribution in [3.63, 3.8) is 0 Å². The van der Waals surface area contributed by atoms with Crippen molar-refractivity contribution in [2.45, 2.75) is 12.2 Å². The lowest BCUT2D eigenvalue weighted by atomic mass is 10.1. The molecule has 1 saturated heterocycles. The zero-order valence-electron chi connectivity index (χ0n) is 9.54. The van der Waals surface area contributed by atoms with E-state index in [1.807, 2.05) is 0 Å². The van der Waals surface area contributed by atoms with Gasteiger partial charge in [-0.25, -0.2) is 9.59 Å². The third kappa shape index (κ3) is 2.57. The van der Waals surface area contributed by atoms with E-state index in [0.717, 1.165) is 0 Å². The van der Waals surface area contributed by atoms with Crippen LogP contribution in [0.4, 0.5) is 0 Å². The lowest BCUT2D eigenvalue weighted by Gasteiger charge is -2.12. The molecule has 2 unspecified atom stereocenters. The van der Waals surface area contributed by atoms with Gasteiger partial charge >= 0.3 is 11.9 Å². The fourth-order valence-electron chi connectivity index (χ4n) is 1.56. The lowest BCUT2D eigenvalue weighted by molar-refractivity contribution is 0.0336. The van der Waals surface area contributed by atoms with Gasteiger partial charge < -0.3 is 14.6 Å². The Morgan fingerprint density at radius 2 is 2.06 bits per heavy atom. The molecular formula is C13H12O5. The first-order valence-corrected chi connectivity index (χ1v) is 5.41. The number of carbonyl (C=O) groups excluding carboxylic acids is 1. The van der Waals surface area contributed by atoms with E-state index in [1.54, 1.807) is 12.1 Å². The molecule has 0 aliphatic carbocycles. The molecule has 0 radical (unpaired) electrons. The van der Waals surface area contributed by atoms with Crippen molar-refractivity contribution >= 4 is 11.9 Å². The number of carbonyl (C=O) groups is 2. The first kappa shape index (κ1) is 12.3. The van der Waals surface area contributed by atoms with Crippen LogP contribution in [0.15, 0.2) is 36.9 Å². The molecule has 0 amide bonds. The maximum absolute atomic E-state index is 11.9. The lowest BCUT2D eigenvalue weighted by Crippen LogP contribution is -2.22. The topological polar surface area (TPSA) is 76.1 Å². The molecule has 94 valence electrons. The third-order valence-electron chi connectivity index (χ3n) is 2.58. The first-order valence-electron chi connectivity index (χ1n) is 5.41. The van der Waals surface area contributed by atoms with E-state index in [4.69, 9.17) is 14.6 Å². The highest BCUT2D eigenvalue weighted by Crippen LogP contribution is 2.20. The van der Waals surface area contributed by atoms with E-state index in [1.165, 1.54) is 18.2 Å². The minimum atomic E-state index is -1.17. The van der Waals surface area contributed by atoms with Crippen molar-refractivity contribution in [3.05, 3.63) is 48.0 Å². The smallest absolute Gasteiger partial charge is 0.339 e. The second-order valence-corrected chi connectivity index (χ2v) is 3.83. The Labute approximate surface area is 104 Å². The van der Waals surface area contributed by atoms with Crippen molar-refractivity contribution in [2.24, 2.45) is 0 Å². The molecule has 2 atom stereocenters. The summed E-state index contributed by atoms with van der Waals surface area (Å²) in [6, 6.07) is 5.91. The van der Waals surface area contributed by atoms with E-state index in [2.05, 4.69) is 6.58 Å². The van der Waals surface area contributed by atoms with E-state index in [9.17, 15) is 9.59 Å². The van der Waals surface area contributed by atoms with Crippen molar-refractivity contribution in [2.75, 3.05) is 6.61 Å². The van der Waals surface area contributed by atoms with Crippen molar-refractivity contribution in [1.29, 1.82) is 0 Å². The largest absolute Gasteiger partial charge is 0.478 e. The van der Waals surface area contributed by atoms with Gasteiger partial charge in [0.1, 0.15) is 12.2 Å². The van der Waals surface area contributed by atoms with Gasteiger partial charge in [0.25, 0.3) is 0 Å². The third-order valence-corrected chi connectivity index (χ3v) is 2.58. The van der Waals surface area contributed by atoms with Crippen LogP contribution in [0, 0.1) is 0 Å². The summed E-state index contributed by atoms with van der Waals surface area (Å²) in [6.07, 6.45) is 0.765. The quantitative estimate of drug-likeness (QED) is 0.485. The van der Waals surface area contributed by atoms with E-state index >= 15 is 0 Å². The molecule has 5 heteroatoms. The molecule has 0 bridgehead atoms. The molecule has 2 rings (SSSR count). The highest BCUT2D eigenvalue weighted by molar-refractivity contribution is 6.02.